The minimum Gasteiger partial charge on any atom is -0.353 e. The molecule has 0 unspecified atom stereocenters. The van der Waals surface area contributed by atoms with Gasteiger partial charge in [-0.3, -0.25) is 9.59 Å². The zero-order valence-electron chi connectivity index (χ0n) is 13.6. The van der Waals surface area contributed by atoms with E-state index in [0.717, 1.165) is 25.0 Å². The number of carbonyl (C=O) groups excluding carboxylic acids is 1. The Hall–Kier alpha value is -2.29. The van der Waals surface area contributed by atoms with Gasteiger partial charge in [-0.15, -0.1) is 0 Å². The third kappa shape index (κ3) is 5.35. The Morgan fingerprint density at radius 2 is 1.96 bits per heavy atom. The van der Waals surface area contributed by atoms with Gasteiger partial charge in [0.25, 0.3) is 5.56 Å². The molecule has 0 saturated heterocycles. The van der Waals surface area contributed by atoms with Gasteiger partial charge in [0.15, 0.2) is 5.16 Å². The largest absolute Gasteiger partial charge is 0.416 e. The van der Waals surface area contributed by atoms with Crippen molar-refractivity contribution in [3.63, 3.8) is 0 Å². The molecule has 3 rings (SSSR count). The Balaban J connectivity index is 1.62. The van der Waals surface area contributed by atoms with Crippen LogP contribution in [-0.2, 0) is 23.1 Å². The van der Waals surface area contributed by atoms with Crippen molar-refractivity contribution in [1.29, 1.82) is 0 Å². The molecule has 9 heteroatoms. The summed E-state index contributed by atoms with van der Waals surface area (Å²) in [5.41, 5.74) is -0.0463. The predicted octanol–water partition coefficient (Wildman–Crippen LogP) is 2.90. The molecule has 1 fully saturated rings. The maximum Gasteiger partial charge on any atom is 0.416 e. The molecule has 1 amide bonds. The first-order valence-electron chi connectivity index (χ1n) is 7.98. The molecule has 2 N–H and O–H groups in total. The number of rotatable bonds is 6. The van der Waals surface area contributed by atoms with Crippen molar-refractivity contribution in [1.82, 2.24) is 15.3 Å². The van der Waals surface area contributed by atoms with Gasteiger partial charge in [0.05, 0.1) is 17.7 Å². The molecule has 26 heavy (non-hydrogen) atoms. The third-order valence-corrected chi connectivity index (χ3v) is 4.66. The Kier molecular flexibility index (Phi) is 5.36. The fourth-order valence-electron chi connectivity index (χ4n) is 2.25. The van der Waals surface area contributed by atoms with Crippen molar-refractivity contribution < 1.29 is 18.0 Å². The van der Waals surface area contributed by atoms with E-state index in [9.17, 15) is 22.8 Å². The monoisotopic (exact) mass is 383 g/mol. The van der Waals surface area contributed by atoms with Crippen LogP contribution in [0, 0.1) is 0 Å². The van der Waals surface area contributed by atoms with Crippen LogP contribution in [0.5, 0.6) is 0 Å². The molecule has 1 aromatic heterocycles. The fraction of sp³-hybridized carbons (Fsp3) is 0.353. The van der Waals surface area contributed by atoms with Crippen LogP contribution in [-0.4, -0.2) is 21.9 Å². The topological polar surface area (TPSA) is 74.8 Å². The van der Waals surface area contributed by atoms with E-state index in [2.05, 4.69) is 15.3 Å². The molecule has 1 aromatic carbocycles. The van der Waals surface area contributed by atoms with Gasteiger partial charge in [-0.05, 0) is 30.5 Å². The molecule has 0 bridgehead atoms. The second-order valence-electron chi connectivity index (χ2n) is 6.04. The second kappa shape index (κ2) is 7.53. The van der Waals surface area contributed by atoms with Crippen LogP contribution in [0.3, 0.4) is 0 Å². The summed E-state index contributed by atoms with van der Waals surface area (Å²) >= 11 is 1.19. The number of hydrogen-bond acceptors (Lipinski definition) is 4. The normalized spacial score (nSPS) is 14.3. The molecule has 0 spiro atoms. The zero-order valence-corrected chi connectivity index (χ0v) is 14.4. The maximum atomic E-state index is 12.6. The standard InChI is InChI=1S/C17H16F3N3O2S/c18-17(19,20)11-3-1-10(2-4-11)9-26-16-22-13(8-15(25)23-16)7-14(24)21-12-5-6-12/h1-4,8,12H,5-7,9H2,(H,21,24)(H,22,23,25). The molecule has 1 aliphatic rings. The summed E-state index contributed by atoms with van der Waals surface area (Å²) in [6.45, 7) is 0. The average molecular weight is 383 g/mol. The highest BCUT2D eigenvalue weighted by Gasteiger charge is 2.29. The molecule has 5 nitrogen and oxygen atoms in total. The number of benzene rings is 1. The number of H-pyrrole nitrogens is 1. The zero-order chi connectivity index (χ0) is 18.7. The van der Waals surface area contributed by atoms with Gasteiger partial charge in [-0.1, -0.05) is 23.9 Å². The van der Waals surface area contributed by atoms with E-state index >= 15 is 0 Å². The van der Waals surface area contributed by atoms with Crippen LogP contribution in [0.15, 0.2) is 40.3 Å². The van der Waals surface area contributed by atoms with E-state index in [1.54, 1.807) is 0 Å². The Morgan fingerprint density at radius 1 is 1.27 bits per heavy atom. The van der Waals surface area contributed by atoms with Gasteiger partial charge in [0, 0.05) is 17.9 Å². The molecule has 0 atom stereocenters. The highest BCUT2D eigenvalue weighted by Crippen LogP contribution is 2.30. The predicted molar refractivity (Wildman–Crippen MR) is 90.7 cm³/mol. The second-order valence-corrected chi connectivity index (χ2v) is 7.01. The summed E-state index contributed by atoms with van der Waals surface area (Å²) in [6, 6.07) is 6.32. The maximum absolute atomic E-state index is 12.6. The summed E-state index contributed by atoms with van der Waals surface area (Å²) in [5, 5.41) is 3.15. The number of aromatic amines is 1. The summed E-state index contributed by atoms with van der Waals surface area (Å²) in [5.74, 6) is 0.169. The van der Waals surface area contributed by atoms with Crippen LogP contribution in [0.25, 0.3) is 0 Å². The third-order valence-electron chi connectivity index (χ3n) is 3.71. The molecular formula is C17H16F3N3O2S. The number of alkyl halides is 3. The van der Waals surface area contributed by atoms with Crippen LogP contribution in [0.1, 0.15) is 29.7 Å². The quantitative estimate of drug-likeness (QED) is 0.594. The van der Waals surface area contributed by atoms with E-state index in [0.29, 0.717) is 22.2 Å². The number of thioether (sulfide) groups is 1. The van der Waals surface area contributed by atoms with Gasteiger partial charge in [-0.2, -0.15) is 13.2 Å². The van der Waals surface area contributed by atoms with Gasteiger partial charge in [0.2, 0.25) is 5.91 Å². The van der Waals surface area contributed by atoms with Crippen molar-refractivity contribution in [2.45, 2.75) is 42.4 Å². The lowest BCUT2D eigenvalue weighted by molar-refractivity contribution is -0.137. The fourth-order valence-corrected chi connectivity index (χ4v) is 3.11. The first-order valence-corrected chi connectivity index (χ1v) is 8.97. The number of nitrogens with zero attached hydrogens (tertiary/aromatic N) is 1. The lowest BCUT2D eigenvalue weighted by atomic mass is 10.1. The summed E-state index contributed by atoms with van der Waals surface area (Å²) in [7, 11) is 0. The molecule has 0 radical (unpaired) electrons. The Labute approximate surface area is 151 Å². The number of nitrogens with one attached hydrogen (secondary N) is 2. The van der Waals surface area contributed by atoms with Crippen LogP contribution in [0.4, 0.5) is 13.2 Å². The first kappa shape index (κ1) is 18.5. The number of halogens is 3. The highest BCUT2D eigenvalue weighted by atomic mass is 32.2. The van der Waals surface area contributed by atoms with Crippen molar-refractivity contribution >= 4 is 17.7 Å². The van der Waals surface area contributed by atoms with Gasteiger partial charge in [0.1, 0.15) is 0 Å². The van der Waals surface area contributed by atoms with E-state index in [4.69, 9.17) is 0 Å². The number of hydrogen-bond donors (Lipinski definition) is 2. The van der Waals surface area contributed by atoms with E-state index in [1.807, 2.05) is 0 Å². The number of amides is 1. The molecule has 1 saturated carbocycles. The molecule has 0 aliphatic heterocycles. The van der Waals surface area contributed by atoms with Gasteiger partial charge >= 0.3 is 6.18 Å². The van der Waals surface area contributed by atoms with Crippen LogP contribution >= 0.6 is 11.8 Å². The molecule has 1 heterocycles. The number of aromatic nitrogens is 2. The van der Waals surface area contributed by atoms with Gasteiger partial charge in [-0.25, -0.2) is 4.98 Å². The van der Waals surface area contributed by atoms with Crippen LogP contribution in [0.2, 0.25) is 0 Å². The smallest absolute Gasteiger partial charge is 0.353 e. The van der Waals surface area contributed by atoms with E-state index in [1.165, 1.54) is 30.0 Å². The van der Waals surface area contributed by atoms with Gasteiger partial charge < -0.3 is 10.3 Å². The average Bonchev–Trinajstić information content (AvgIpc) is 3.35. The first-order chi connectivity index (χ1) is 12.3. The van der Waals surface area contributed by atoms with Crippen molar-refractivity contribution in [3.05, 3.63) is 57.5 Å². The highest BCUT2D eigenvalue weighted by molar-refractivity contribution is 7.98. The SMILES string of the molecule is O=C(Cc1cc(=O)[nH]c(SCc2ccc(C(F)(F)F)cc2)n1)NC1CC1. The van der Waals surface area contributed by atoms with E-state index < -0.39 is 11.7 Å². The summed E-state index contributed by atoms with van der Waals surface area (Å²) in [4.78, 5) is 30.3. The number of carbonyl (C=O) groups is 1. The minimum atomic E-state index is -4.37. The lowest BCUT2D eigenvalue weighted by Gasteiger charge is -2.08. The summed E-state index contributed by atoms with van der Waals surface area (Å²) < 4.78 is 37.7. The van der Waals surface area contributed by atoms with Crippen molar-refractivity contribution in [2.75, 3.05) is 0 Å². The molecule has 2 aromatic rings. The summed E-state index contributed by atoms with van der Waals surface area (Å²) in [6.07, 6.45) is -2.40. The Morgan fingerprint density at radius 3 is 2.58 bits per heavy atom. The molecular weight excluding hydrogens is 367 g/mol. The van der Waals surface area contributed by atoms with Crippen molar-refractivity contribution in [3.8, 4) is 0 Å². The minimum absolute atomic E-state index is 0.0221. The van der Waals surface area contributed by atoms with Crippen LogP contribution < -0.4 is 10.9 Å². The molecule has 1 aliphatic carbocycles. The van der Waals surface area contributed by atoms with E-state index in [-0.39, 0.29) is 23.9 Å². The van der Waals surface area contributed by atoms with Crippen molar-refractivity contribution in [2.24, 2.45) is 0 Å². The lowest BCUT2D eigenvalue weighted by Crippen LogP contribution is -2.28. The molecule has 138 valence electrons. The Bertz CT molecular complexity index is 846.